The molecule has 1 saturated carbocycles. The fourth-order valence-corrected chi connectivity index (χ4v) is 4.08. The summed E-state index contributed by atoms with van der Waals surface area (Å²) in [6.45, 7) is 0. The van der Waals surface area contributed by atoms with E-state index >= 15 is 0 Å². The Morgan fingerprint density at radius 1 is 1.39 bits per heavy atom. The van der Waals surface area contributed by atoms with Crippen LogP contribution >= 0.6 is 0 Å². The van der Waals surface area contributed by atoms with Crippen LogP contribution in [0, 0.1) is 11.7 Å². The topological polar surface area (TPSA) is 26.3 Å². The van der Waals surface area contributed by atoms with Gasteiger partial charge in [-0.1, -0.05) is 12.8 Å². The van der Waals surface area contributed by atoms with Crippen molar-refractivity contribution < 1.29 is 13.3 Å². The molecular formula is C14H19FO2S. The van der Waals surface area contributed by atoms with E-state index in [1.165, 1.54) is 37.8 Å². The van der Waals surface area contributed by atoms with Gasteiger partial charge in [0.2, 0.25) is 0 Å². The Kier molecular flexibility index (Phi) is 4.75. The Labute approximate surface area is 110 Å². The first-order valence-corrected chi connectivity index (χ1v) is 7.85. The molecule has 100 valence electrons. The van der Waals surface area contributed by atoms with Crippen LogP contribution in [0.5, 0.6) is 5.75 Å². The van der Waals surface area contributed by atoms with E-state index in [2.05, 4.69) is 0 Å². The van der Waals surface area contributed by atoms with Crippen molar-refractivity contribution >= 4 is 10.8 Å². The highest BCUT2D eigenvalue weighted by molar-refractivity contribution is 7.84. The van der Waals surface area contributed by atoms with Gasteiger partial charge < -0.3 is 4.74 Å². The molecule has 1 aliphatic carbocycles. The SMILES string of the molecule is COc1ccc(F)cc1CS(=O)CC1CCCC1. The zero-order chi connectivity index (χ0) is 13.0. The second-order valence-corrected chi connectivity index (χ2v) is 6.36. The molecule has 1 atom stereocenters. The largest absolute Gasteiger partial charge is 0.496 e. The van der Waals surface area contributed by atoms with Crippen LogP contribution in [0.4, 0.5) is 4.39 Å². The molecule has 0 heterocycles. The molecule has 4 heteroatoms. The molecule has 0 bridgehead atoms. The molecule has 18 heavy (non-hydrogen) atoms. The summed E-state index contributed by atoms with van der Waals surface area (Å²) in [6, 6.07) is 4.38. The van der Waals surface area contributed by atoms with Crippen LogP contribution in [-0.4, -0.2) is 17.1 Å². The summed E-state index contributed by atoms with van der Waals surface area (Å²) in [5.74, 6) is 2.03. The van der Waals surface area contributed by atoms with Gasteiger partial charge in [0.05, 0.1) is 12.9 Å². The number of ether oxygens (including phenoxy) is 1. The van der Waals surface area contributed by atoms with Crippen LogP contribution < -0.4 is 4.74 Å². The summed E-state index contributed by atoms with van der Waals surface area (Å²) in [4.78, 5) is 0. The second kappa shape index (κ2) is 6.32. The number of benzene rings is 1. The van der Waals surface area contributed by atoms with E-state index in [1.807, 2.05) is 0 Å². The number of halogens is 1. The van der Waals surface area contributed by atoms with Crippen molar-refractivity contribution in [2.75, 3.05) is 12.9 Å². The molecular weight excluding hydrogens is 251 g/mol. The van der Waals surface area contributed by atoms with Crippen molar-refractivity contribution in [2.24, 2.45) is 5.92 Å². The highest BCUT2D eigenvalue weighted by Crippen LogP contribution is 2.27. The average Bonchev–Trinajstić information content (AvgIpc) is 2.82. The monoisotopic (exact) mass is 270 g/mol. The quantitative estimate of drug-likeness (QED) is 0.821. The van der Waals surface area contributed by atoms with Gasteiger partial charge in [-0.3, -0.25) is 4.21 Å². The van der Waals surface area contributed by atoms with E-state index < -0.39 is 10.8 Å². The predicted molar refractivity (Wildman–Crippen MR) is 71.6 cm³/mol. The van der Waals surface area contributed by atoms with Crippen LogP contribution in [0.3, 0.4) is 0 Å². The van der Waals surface area contributed by atoms with Crippen LogP contribution in [0.1, 0.15) is 31.2 Å². The molecule has 0 amide bonds. The maximum Gasteiger partial charge on any atom is 0.123 e. The number of hydrogen-bond donors (Lipinski definition) is 0. The third-order valence-corrected chi connectivity index (χ3v) is 4.93. The molecule has 1 aromatic rings. The summed E-state index contributed by atoms with van der Waals surface area (Å²) in [6.07, 6.45) is 4.88. The predicted octanol–water partition coefficient (Wildman–Crippen LogP) is 3.27. The smallest absolute Gasteiger partial charge is 0.123 e. The van der Waals surface area contributed by atoms with E-state index in [-0.39, 0.29) is 5.82 Å². The fraction of sp³-hybridized carbons (Fsp3) is 0.571. The zero-order valence-corrected chi connectivity index (χ0v) is 11.5. The Hall–Kier alpha value is -0.900. The van der Waals surface area contributed by atoms with Gasteiger partial charge in [0, 0.05) is 22.1 Å². The van der Waals surface area contributed by atoms with Gasteiger partial charge in [-0.2, -0.15) is 0 Å². The van der Waals surface area contributed by atoms with E-state index in [4.69, 9.17) is 4.74 Å². The lowest BCUT2D eigenvalue weighted by Crippen LogP contribution is -2.10. The summed E-state index contributed by atoms with van der Waals surface area (Å²) >= 11 is 0. The molecule has 1 aliphatic rings. The molecule has 0 N–H and O–H groups in total. The minimum atomic E-state index is -0.928. The molecule has 0 aromatic heterocycles. The van der Waals surface area contributed by atoms with Gasteiger partial charge in [0.25, 0.3) is 0 Å². The summed E-state index contributed by atoms with van der Waals surface area (Å²) < 4.78 is 30.4. The van der Waals surface area contributed by atoms with Crippen molar-refractivity contribution in [2.45, 2.75) is 31.4 Å². The Balaban J connectivity index is 1.99. The van der Waals surface area contributed by atoms with E-state index in [1.54, 1.807) is 13.2 Å². The van der Waals surface area contributed by atoms with E-state index in [0.29, 0.717) is 23.0 Å². The van der Waals surface area contributed by atoms with Gasteiger partial charge in [-0.25, -0.2) is 4.39 Å². The highest BCUT2D eigenvalue weighted by Gasteiger charge is 2.18. The van der Waals surface area contributed by atoms with Crippen molar-refractivity contribution in [3.8, 4) is 5.75 Å². The number of methoxy groups -OCH3 is 1. The molecule has 2 rings (SSSR count). The van der Waals surface area contributed by atoms with Gasteiger partial charge in [-0.05, 0) is 37.0 Å². The maximum atomic E-state index is 13.2. The summed E-state index contributed by atoms with van der Waals surface area (Å²) in [5, 5.41) is 0. The minimum Gasteiger partial charge on any atom is -0.496 e. The molecule has 1 aromatic carbocycles. The molecule has 0 aliphatic heterocycles. The highest BCUT2D eigenvalue weighted by atomic mass is 32.2. The molecule has 0 saturated heterocycles. The van der Waals surface area contributed by atoms with E-state index in [9.17, 15) is 8.60 Å². The van der Waals surface area contributed by atoms with Gasteiger partial charge in [-0.15, -0.1) is 0 Å². The fourth-order valence-electron chi connectivity index (χ4n) is 2.53. The van der Waals surface area contributed by atoms with Gasteiger partial charge in [0.1, 0.15) is 11.6 Å². The van der Waals surface area contributed by atoms with Crippen LogP contribution in [0.2, 0.25) is 0 Å². The lowest BCUT2D eigenvalue weighted by atomic mass is 10.1. The summed E-state index contributed by atoms with van der Waals surface area (Å²) in [7, 11) is 0.625. The third kappa shape index (κ3) is 3.55. The van der Waals surface area contributed by atoms with Crippen molar-refractivity contribution in [3.05, 3.63) is 29.6 Å². The van der Waals surface area contributed by atoms with Crippen LogP contribution in [-0.2, 0) is 16.6 Å². The van der Waals surface area contributed by atoms with Crippen molar-refractivity contribution in [1.82, 2.24) is 0 Å². The molecule has 2 nitrogen and oxygen atoms in total. The lowest BCUT2D eigenvalue weighted by molar-refractivity contribution is 0.410. The maximum absolute atomic E-state index is 13.2. The first-order chi connectivity index (χ1) is 8.69. The molecule has 1 unspecified atom stereocenters. The molecule has 1 fully saturated rings. The lowest BCUT2D eigenvalue weighted by Gasteiger charge is -2.11. The third-order valence-electron chi connectivity index (χ3n) is 3.46. The van der Waals surface area contributed by atoms with Crippen molar-refractivity contribution in [3.63, 3.8) is 0 Å². The number of rotatable bonds is 5. The molecule has 0 radical (unpaired) electrons. The van der Waals surface area contributed by atoms with Gasteiger partial charge in [0.15, 0.2) is 0 Å². The van der Waals surface area contributed by atoms with Gasteiger partial charge >= 0.3 is 0 Å². The van der Waals surface area contributed by atoms with Crippen LogP contribution in [0.25, 0.3) is 0 Å². The Bertz CT molecular complexity index is 428. The number of hydrogen-bond acceptors (Lipinski definition) is 2. The molecule has 0 spiro atoms. The normalized spacial score (nSPS) is 17.9. The minimum absolute atomic E-state index is 0.302. The standard InChI is InChI=1S/C14H19FO2S/c1-17-14-7-6-13(15)8-12(14)10-18(16)9-11-4-2-3-5-11/h6-8,11H,2-5,9-10H2,1H3. The zero-order valence-electron chi connectivity index (χ0n) is 10.7. The first kappa shape index (κ1) is 13.5. The summed E-state index contributed by atoms with van der Waals surface area (Å²) in [5.41, 5.74) is 0.703. The van der Waals surface area contributed by atoms with Crippen molar-refractivity contribution in [1.29, 1.82) is 0 Å². The first-order valence-electron chi connectivity index (χ1n) is 6.36. The Morgan fingerprint density at radius 2 is 2.11 bits per heavy atom. The van der Waals surface area contributed by atoms with E-state index in [0.717, 1.165) is 5.75 Å². The Morgan fingerprint density at radius 3 is 2.78 bits per heavy atom. The average molecular weight is 270 g/mol. The van der Waals surface area contributed by atoms with Crippen LogP contribution in [0.15, 0.2) is 18.2 Å². The second-order valence-electron chi connectivity index (χ2n) is 4.86.